The maximum atomic E-state index is 11.3. The Balaban J connectivity index is 0.000000720. The lowest BCUT2D eigenvalue weighted by Gasteiger charge is -2.01. The summed E-state index contributed by atoms with van der Waals surface area (Å²) < 4.78 is 1.72. The van der Waals surface area contributed by atoms with E-state index in [-0.39, 0.29) is 18.0 Å². The van der Waals surface area contributed by atoms with Crippen LogP contribution >= 0.6 is 12.4 Å². The average Bonchev–Trinajstić information content (AvgIpc) is 2.77. The number of anilines is 1. The Hall–Kier alpha value is -0.960. The molecule has 0 unspecified atom stereocenters. The monoisotopic (exact) mass is 186 g/mol. The summed E-state index contributed by atoms with van der Waals surface area (Å²) in [5.74, 6) is 0. The van der Waals surface area contributed by atoms with Gasteiger partial charge in [-0.25, -0.2) is 0 Å². The number of aromatic nitrogens is 1. The summed E-state index contributed by atoms with van der Waals surface area (Å²) in [7, 11) is 0. The van der Waals surface area contributed by atoms with Crippen molar-refractivity contribution in [1.29, 1.82) is 0 Å². The van der Waals surface area contributed by atoms with Gasteiger partial charge < -0.3 is 10.3 Å². The molecule has 0 aliphatic heterocycles. The number of rotatable bonds is 1. The number of hydrogen-bond acceptors (Lipinski definition) is 2. The summed E-state index contributed by atoms with van der Waals surface area (Å²) in [5.41, 5.74) is 5.75. The topological polar surface area (TPSA) is 48.0 Å². The van der Waals surface area contributed by atoms with Crippen LogP contribution in [0.25, 0.3) is 0 Å². The molecule has 2 N–H and O–H groups in total. The van der Waals surface area contributed by atoms with Gasteiger partial charge in [-0.15, -0.1) is 12.4 Å². The fraction of sp³-hybridized carbons (Fsp3) is 0.375. The van der Waals surface area contributed by atoms with Crippen LogP contribution in [0.3, 0.4) is 0 Å². The lowest BCUT2D eigenvalue weighted by molar-refractivity contribution is 0.710. The molecule has 1 aromatic rings. The average molecular weight is 187 g/mol. The third kappa shape index (κ3) is 1.46. The number of nitrogens with zero attached hydrogens (tertiary/aromatic N) is 1. The highest BCUT2D eigenvalue weighted by atomic mass is 35.5. The van der Waals surface area contributed by atoms with Crippen LogP contribution in [-0.2, 0) is 0 Å². The maximum absolute atomic E-state index is 11.3. The summed E-state index contributed by atoms with van der Waals surface area (Å²) in [5, 5.41) is 0. The molecule has 1 aromatic heterocycles. The predicted molar refractivity (Wildman–Crippen MR) is 50.6 cm³/mol. The van der Waals surface area contributed by atoms with Gasteiger partial charge >= 0.3 is 0 Å². The molecule has 0 radical (unpaired) electrons. The van der Waals surface area contributed by atoms with Crippen molar-refractivity contribution in [1.82, 2.24) is 4.57 Å². The van der Waals surface area contributed by atoms with E-state index in [0.717, 1.165) is 12.8 Å². The molecule has 12 heavy (non-hydrogen) atoms. The number of nitrogens with two attached hydrogens (primary N) is 1. The second-order valence-electron chi connectivity index (χ2n) is 2.91. The minimum atomic E-state index is -0.0463. The zero-order valence-electron chi connectivity index (χ0n) is 6.56. The first-order chi connectivity index (χ1) is 5.29. The quantitative estimate of drug-likeness (QED) is 0.716. The number of nitrogen functional groups attached to an aromatic ring is 1. The first-order valence-corrected chi connectivity index (χ1v) is 3.75. The van der Waals surface area contributed by atoms with Crippen molar-refractivity contribution in [3.05, 3.63) is 28.7 Å². The van der Waals surface area contributed by atoms with E-state index in [4.69, 9.17) is 5.73 Å². The van der Waals surface area contributed by atoms with Crippen LogP contribution in [-0.4, -0.2) is 4.57 Å². The first kappa shape index (κ1) is 9.13. The highest BCUT2D eigenvalue weighted by Crippen LogP contribution is 2.33. The van der Waals surface area contributed by atoms with E-state index >= 15 is 0 Å². The van der Waals surface area contributed by atoms with Crippen LogP contribution in [0.2, 0.25) is 0 Å². The van der Waals surface area contributed by atoms with Crippen LogP contribution in [0.15, 0.2) is 23.1 Å². The molecule has 0 aromatic carbocycles. The van der Waals surface area contributed by atoms with Gasteiger partial charge in [0.2, 0.25) is 0 Å². The Bertz CT molecular complexity index is 330. The van der Waals surface area contributed by atoms with Gasteiger partial charge in [0.25, 0.3) is 5.56 Å². The Morgan fingerprint density at radius 3 is 2.75 bits per heavy atom. The van der Waals surface area contributed by atoms with Gasteiger partial charge in [-0.2, -0.15) is 0 Å². The fourth-order valence-corrected chi connectivity index (χ4v) is 1.17. The molecule has 4 heteroatoms. The number of halogens is 1. The number of hydrogen-bond donors (Lipinski definition) is 1. The summed E-state index contributed by atoms with van der Waals surface area (Å²) in [6.45, 7) is 0. The molecule has 1 saturated carbocycles. The second kappa shape index (κ2) is 3.19. The molecular formula is C8H11ClN2O. The van der Waals surface area contributed by atoms with E-state index in [1.807, 2.05) is 6.07 Å². The van der Waals surface area contributed by atoms with Crippen molar-refractivity contribution < 1.29 is 0 Å². The van der Waals surface area contributed by atoms with Crippen molar-refractivity contribution in [3.63, 3.8) is 0 Å². The van der Waals surface area contributed by atoms with Gasteiger partial charge in [0.1, 0.15) is 0 Å². The molecule has 0 spiro atoms. The van der Waals surface area contributed by atoms with Gasteiger partial charge in [-0.1, -0.05) is 0 Å². The van der Waals surface area contributed by atoms with Gasteiger partial charge in [0.05, 0.1) is 5.69 Å². The molecule has 0 amide bonds. The minimum Gasteiger partial charge on any atom is -0.394 e. The molecule has 0 bridgehead atoms. The van der Waals surface area contributed by atoms with E-state index in [1.54, 1.807) is 16.8 Å². The lowest BCUT2D eigenvalue weighted by Crippen LogP contribution is -2.20. The molecule has 66 valence electrons. The molecule has 1 heterocycles. The van der Waals surface area contributed by atoms with Crippen LogP contribution in [0.1, 0.15) is 18.9 Å². The summed E-state index contributed by atoms with van der Waals surface area (Å²) in [6, 6.07) is 3.88. The lowest BCUT2D eigenvalue weighted by atomic mass is 10.4. The van der Waals surface area contributed by atoms with E-state index in [9.17, 15) is 4.79 Å². The SMILES string of the molecule is Cl.Nc1cccn(C2CC2)c1=O. The highest BCUT2D eigenvalue weighted by Gasteiger charge is 2.24. The molecule has 1 aliphatic rings. The smallest absolute Gasteiger partial charge is 0.273 e. The minimum absolute atomic E-state index is 0. The van der Waals surface area contributed by atoms with Crippen LogP contribution in [0, 0.1) is 0 Å². The molecule has 0 saturated heterocycles. The Labute approximate surface area is 76.6 Å². The third-order valence-corrected chi connectivity index (χ3v) is 1.94. The Morgan fingerprint density at radius 2 is 2.17 bits per heavy atom. The summed E-state index contributed by atoms with van der Waals surface area (Å²) in [6.07, 6.45) is 4.03. The largest absolute Gasteiger partial charge is 0.394 e. The van der Waals surface area contributed by atoms with Crippen LogP contribution < -0.4 is 11.3 Å². The van der Waals surface area contributed by atoms with Crippen LogP contribution in [0.4, 0.5) is 5.69 Å². The van der Waals surface area contributed by atoms with Crippen LogP contribution in [0.5, 0.6) is 0 Å². The zero-order chi connectivity index (χ0) is 7.84. The fourth-order valence-electron chi connectivity index (χ4n) is 1.17. The van der Waals surface area contributed by atoms with E-state index in [0.29, 0.717) is 11.7 Å². The maximum Gasteiger partial charge on any atom is 0.273 e. The summed E-state index contributed by atoms with van der Waals surface area (Å²) in [4.78, 5) is 11.3. The molecular weight excluding hydrogens is 176 g/mol. The van der Waals surface area contributed by atoms with E-state index in [1.165, 1.54) is 0 Å². The standard InChI is InChI=1S/C8H10N2O.ClH/c9-7-2-1-5-10(8(7)11)6-3-4-6;/h1-2,5-6H,3-4,9H2;1H. The molecule has 2 rings (SSSR count). The first-order valence-electron chi connectivity index (χ1n) is 3.75. The van der Waals surface area contributed by atoms with Crippen molar-refractivity contribution in [2.24, 2.45) is 0 Å². The zero-order valence-corrected chi connectivity index (χ0v) is 7.38. The van der Waals surface area contributed by atoms with Gasteiger partial charge in [-0.3, -0.25) is 4.79 Å². The van der Waals surface area contributed by atoms with Gasteiger partial charge in [0.15, 0.2) is 0 Å². The third-order valence-electron chi connectivity index (χ3n) is 1.94. The van der Waals surface area contributed by atoms with Crippen molar-refractivity contribution in [2.75, 3.05) is 5.73 Å². The van der Waals surface area contributed by atoms with Crippen molar-refractivity contribution in [3.8, 4) is 0 Å². The normalized spacial score (nSPS) is 15.3. The van der Waals surface area contributed by atoms with E-state index < -0.39 is 0 Å². The van der Waals surface area contributed by atoms with Gasteiger partial charge in [-0.05, 0) is 25.0 Å². The highest BCUT2D eigenvalue weighted by molar-refractivity contribution is 5.85. The predicted octanol–water partition coefficient (Wildman–Crippen LogP) is 1.19. The second-order valence-corrected chi connectivity index (χ2v) is 2.91. The molecule has 1 fully saturated rings. The molecule has 0 atom stereocenters. The van der Waals surface area contributed by atoms with E-state index in [2.05, 4.69) is 0 Å². The van der Waals surface area contributed by atoms with Crippen molar-refractivity contribution in [2.45, 2.75) is 18.9 Å². The Kier molecular flexibility index (Phi) is 2.43. The number of pyridine rings is 1. The van der Waals surface area contributed by atoms with Gasteiger partial charge in [0, 0.05) is 12.2 Å². The van der Waals surface area contributed by atoms with Crippen molar-refractivity contribution >= 4 is 18.1 Å². The molecule has 1 aliphatic carbocycles. The molecule has 3 nitrogen and oxygen atoms in total. The summed E-state index contributed by atoms with van der Waals surface area (Å²) >= 11 is 0. The Morgan fingerprint density at radius 1 is 1.50 bits per heavy atom.